The number of carbonyl (C=O) groups is 3. The van der Waals surface area contributed by atoms with Gasteiger partial charge in [0.05, 0.1) is 42.4 Å². The number of carbonyl (C=O) groups excluding carboxylic acids is 3. The second kappa shape index (κ2) is 15.7. The molecule has 9 heteroatoms. The van der Waals surface area contributed by atoms with Crippen molar-refractivity contribution in [2.45, 2.75) is 38.5 Å². The van der Waals surface area contributed by atoms with Crippen LogP contribution < -0.4 is 14.2 Å². The van der Waals surface area contributed by atoms with Crippen molar-refractivity contribution in [1.82, 2.24) is 4.90 Å². The molecule has 0 aromatic heterocycles. The monoisotopic (exact) mass is 543 g/mol. The molecule has 206 valence electrons. The predicted molar refractivity (Wildman–Crippen MR) is 150 cm³/mol. The summed E-state index contributed by atoms with van der Waals surface area (Å²) in [4.78, 5) is 39.0. The van der Waals surface area contributed by atoms with Crippen LogP contribution in [0.4, 0.5) is 0 Å². The van der Waals surface area contributed by atoms with Crippen LogP contribution in [0.2, 0.25) is 0 Å². The number of hydrogen-bond acceptors (Lipinski definition) is 8. The molecule has 1 aliphatic heterocycles. The van der Waals surface area contributed by atoms with E-state index in [0.29, 0.717) is 37.2 Å². The van der Waals surface area contributed by atoms with E-state index in [9.17, 15) is 19.5 Å². The number of hydrogen-bond donors (Lipinski definition) is 1. The number of nitrogens with zero attached hydrogens (tertiary/aromatic N) is 1. The summed E-state index contributed by atoms with van der Waals surface area (Å²) in [5.41, 5.74) is 0.539. The number of benzene rings is 2. The first-order valence-corrected chi connectivity index (χ1v) is 13.8. The van der Waals surface area contributed by atoms with E-state index in [2.05, 4.69) is 6.58 Å². The molecule has 2 aromatic rings. The van der Waals surface area contributed by atoms with Gasteiger partial charge >= 0.3 is 0 Å². The Morgan fingerprint density at radius 3 is 2.45 bits per heavy atom. The molecule has 3 rings (SSSR count). The molecule has 38 heavy (non-hydrogen) atoms. The minimum atomic E-state index is -0.257. The SMILES string of the molecule is C=CC.CCOc1c(OC)ccc(C(=O)N2CCCCC(COc3cccc(O)c3C=O)C2SC)c1C=O. The third kappa shape index (κ3) is 7.31. The maximum atomic E-state index is 13.8. The fourth-order valence-corrected chi connectivity index (χ4v) is 5.44. The van der Waals surface area contributed by atoms with Gasteiger partial charge in [0, 0.05) is 12.5 Å². The van der Waals surface area contributed by atoms with E-state index in [4.69, 9.17) is 14.2 Å². The lowest BCUT2D eigenvalue weighted by atomic mass is 10.0. The van der Waals surface area contributed by atoms with Crippen LogP contribution in [0, 0.1) is 5.92 Å². The Morgan fingerprint density at radius 1 is 1.13 bits per heavy atom. The third-order valence-corrected chi connectivity index (χ3v) is 7.19. The zero-order valence-electron chi connectivity index (χ0n) is 22.5. The summed E-state index contributed by atoms with van der Waals surface area (Å²) in [5, 5.41) is 9.73. The van der Waals surface area contributed by atoms with Gasteiger partial charge in [-0.15, -0.1) is 18.3 Å². The minimum absolute atomic E-state index is 0.0254. The summed E-state index contributed by atoms with van der Waals surface area (Å²) in [6, 6.07) is 7.93. The fourth-order valence-electron chi connectivity index (χ4n) is 4.38. The first-order valence-electron chi connectivity index (χ1n) is 12.5. The summed E-state index contributed by atoms with van der Waals surface area (Å²) in [7, 11) is 1.49. The zero-order chi connectivity index (χ0) is 28.1. The van der Waals surface area contributed by atoms with E-state index in [-0.39, 0.29) is 52.0 Å². The van der Waals surface area contributed by atoms with Crippen molar-refractivity contribution in [3.8, 4) is 23.0 Å². The first-order chi connectivity index (χ1) is 18.4. The number of amides is 1. The molecule has 1 amide bonds. The summed E-state index contributed by atoms with van der Waals surface area (Å²) >= 11 is 1.54. The highest BCUT2D eigenvalue weighted by Gasteiger charge is 2.35. The van der Waals surface area contributed by atoms with Crippen LogP contribution in [0.5, 0.6) is 23.0 Å². The molecule has 1 fully saturated rings. The fraction of sp³-hybridized carbons (Fsp3) is 0.414. The van der Waals surface area contributed by atoms with Crippen molar-refractivity contribution in [3.63, 3.8) is 0 Å². The van der Waals surface area contributed by atoms with Gasteiger partial charge in [0.25, 0.3) is 5.91 Å². The van der Waals surface area contributed by atoms with E-state index in [1.165, 1.54) is 13.2 Å². The number of methoxy groups -OCH3 is 1. The van der Waals surface area contributed by atoms with Crippen LogP contribution in [-0.4, -0.2) is 67.0 Å². The molecule has 2 aromatic carbocycles. The summed E-state index contributed by atoms with van der Waals surface area (Å²) in [6.07, 6.45) is 7.45. The van der Waals surface area contributed by atoms with Gasteiger partial charge in [-0.1, -0.05) is 18.6 Å². The highest BCUT2D eigenvalue weighted by Crippen LogP contribution is 2.36. The molecule has 0 radical (unpaired) electrons. The van der Waals surface area contributed by atoms with Crippen LogP contribution in [0.25, 0.3) is 0 Å². The quantitative estimate of drug-likeness (QED) is 0.304. The molecular formula is C29H37NO7S. The number of ether oxygens (including phenoxy) is 3. The molecule has 0 bridgehead atoms. The second-order valence-corrected chi connectivity index (χ2v) is 9.47. The highest BCUT2D eigenvalue weighted by molar-refractivity contribution is 7.99. The third-order valence-electron chi connectivity index (χ3n) is 6.07. The molecule has 8 nitrogen and oxygen atoms in total. The van der Waals surface area contributed by atoms with Gasteiger partial charge in [0.2, 0.25) is 0 Å². The Hall–Kier alpha value is -3.46. The maximum absolute atomic E-state index is 13.8. The van der Waals surface area contributed by atoms with Crippen molar-refractivity contribution in [1.29, 1.82) is 0 Å². The largest absolute Gasteiger partial charge is 0.507 e. The Morgan fingerprint density at radius 2 is 1.84 bits per heavy atom. The highest BCUT2D eigenvalue weighted by atomic mass is 32.2. The molecule has 1 N–H and O–H groups in total. The van der Waals surface area contributed by atoms with Gasteiger partial charge in [0.1, 0.15) is 11.5 Å². The van der Waals surface area contributed by atoms with Crippen molar-refractivity contribution in [2.24, 2.45) is 5.92 Å². The van der Waals surface area contributed by atoms with E-state index in [0.717, 1.165) is 19.3 Å². The van der Waals surface area contributed by atoms with Gasteiger partial charge in [-0.05, 0) is 57.2 Å². The van der Waals surface area contributed by atoms with Crippen LogP contribution in [0.1, 0.15) is 64.2 Å². The first kappa shape index (κ1) is 30.8. The van der Waals surface area contributed by atoms with Crippen molar-refractivity contribution in [3.05, 3.63) is 59.7 Å². The zero-order valence-corrected chi connectivity index (χ0v) is 23.3. The maximum Gasteiger partial charge on any atom is 0.255 e. The van der Waals surface area contributed by atoms with Gasteiger partial charge in [-0.3, -0.25) is 14.4 Å². The average Bonchev–Trinajstić information content (AvgIpc) is 3.13. The van der Waals surface area contributed by atoms with E-state index >= 15 is 0 Å². The normalized spacial score (nSPS) is 16.8. The topological polar surface area (TPSA) is 102 Å². The number of thioether (sulfide) groups is 1. The van der Waals surface area contributed by atoms with Gasteiger partial charge in [-0.25, -0.2) is 0 Å². The molecule has 1 heterocycles. The van der Waals surface area contributed by atoms with Crippen LogP contribution >= 0.6 is 11.8 Å². The van der Waals surface area contributed by atoms with Crippen molar-refractivity contribution in [2.75, 3.05) is 33.1 Å². The molecule has 2 unspecified atom stereocenters. The van der Waals surface area contributed by atoms with Gasteiger partial charge < -0.3 is 24.2 Å². The smallest absolute Gasteiger partial charge is 0.255 e. The summed E-state index contributed by atoms with van der Waals surface area (Å²) in [5.74, 6) is 0.544. The molecule has 1 saturated heterocycles. The number of likely N-dealkylation sites (tertiary alicyclic amines) is 1. The Bertz CT molecular complexity index is 1100. The Balaban J connectivity index is 0.00000161. The second-order valence-electron chi connectivity index (χ2n) is 8.52. The number of aromatic hydroxyl groups is 1. The summed E-state index contributed by atoms with van der Waals surface area (Å²) in [6.45, 7) is 8.19. The molecule has 0 spiro atoms. The molecule has 0 saturated carbocycles. The average molecular weight is 544 g/mol. The lowest BCUT2D eigenvalue weighted by molar-refractivity contribution is 0.0691. The van der Waals surface area contributed by atoms with Crippen LogP contribution in [0.3, 0.4) is 0 Å². The van der Waals surface area contributed by atoms with E-state index < -0.39 is 0 Å². The molecule has 1 aliphatic rings. The standard InChI is InChI=1S/C26H31NO7S.C3H6/c1-4-33-24-19(14-28)18(11-12-23(24)32-2)25(31)27-13-6-5-8-17(26(27)35-3)16-34-22-10-7-9-21(30)20(22)15-29;1-3-2/h7,9-12,14-15,17,26,30H,4-6,8,13,16H2,1-3H3;3H,1H2,2H3. The van der Waals surface area contributed by atoms with Crippen molar-refractivity contribution < 1.29 is 33.7 Å². The number of aldehydes is 2. The van der Waals surface area contributed by atoms with Crippen LogP contribution in [0.15, 0.2) is 43.0 Å². The predicted octanol–water partition coefficient (Wildman–Crippen LogP) is 5.63. The van der Waals surface area contributed by atoms with Gasteiger partial charge in [0.15, 0.2) is 24.1 Å². The number of rotatable bonds is 10. The van der Waals surface area contributed by atoms with E-state index in [1.54, 1.807) is 53.9 Å². The van der Waals surface area contributed by atoms with Crippen LogP contribution in [-0.2, 0) is 0 Å². The molecule has 0 aliphatic carbocycles. The number of phenolic OH excluding ortho intramolecular Hbond substituents is 1. The van der Waals surface area contributed by atoms with Gasteiger partial charge in [-0.2, -0.15) is 0 Å². The van der Waals surface area contributed by atoms with Crippen molar-refractivity contribution >= 4 is 30.2 Å². The molecular weight excluding hydrogens is 506 g/mol. The summed E-state index contributed by atoms with van der Waals surface area (Å²) < 4.78 is 16.9. The molecule has 2 atom stereocenters. The minimum Gasteiger partial charge on any atom is -0.507 e. The lowest BCUT2D eigenvalue weighted by Crippen LogP contribution is -2.43. The Labute approximate surface area is 229 Å². The number of allylic oxidation sites excluding steroid dienone is 1. The van der Waals surface area contributed by atoms with E-state index in [1.807, 2.05) is 13.2 Å². The number of phenols is 1. The lowest BCUT2D eigenvalue weighted by Gasteiger charge is -2.34. The Kier molecular flexibility index (Phi) is 12.7.